The van der Waals surface area contributed by atoms with E-state index in [2.05, 4.69) is 49.1 Å². The third-order valence-corrected chi connectivity index (χ3v) is 5.82. The fourth-order valence-electron chi connectivity index (χ4n) is 4.56. The van der Waals surface area contributed by atoms with E-state index < -0.39 is 0 Å². The Morgan fingerprint density at radius 2 is 2.04 bits per heavy atom. The molecule has 4 heterocycles. The van der Waals surface area contributed by atoms with Gasteiger partial charge in [-0.15, -0.1) is 0 Å². The number of anilines is 1. The predicted molar refractivity (Wildman–Crippen MR) is 91.0 cm³/mol. The topological polar surface area (TPSA) is 60.4 Å². The van der Waals surface area contributed by atoms with Crippen LogP contribution in [0.15, 0.2) is 23.6 Å². The van der Waals surface area contributed by atoms with Crippen LogP contribution < -0.4 is 4.90 Å². The minimum absolute atomic E-state index is 0.523. The van der Waals surface area contributed by atoms with Crippen LogP contribution in [0.3, 0.4) is 0 Å². The van der Waals surface area contributed by atoms with E-state index >= 15 is 0 Å². The van der Waals surface area contributed by atoms with Gasteiger partial charge in [-0.05, 0) is 30.7 Å². The zero-order valence-corrected chi connectivity index (χ0v) is 13.4. The molecule has 0 aromatic carbocycles. The summed E-state index contributed by atoms with van der Waals surface area (Å²) in [5.41, 5.74) is 0.927. The molecule has 0 bridgehead atoms. The third kappa shape index (κ3) is 2.32. The fraction of sp³-hybridized carbons (Fsp3) is 0.588. The van der Waals surface area contributed by atoms with Crippen LogP contribution in [0.25, 0.3) is 11.0 Å². The van der Waals surface area contributed by atoms with Crippen LogP contribution >= 0.6 is 0 Å². The highest BCUT2D eigenvalue weighted by Crippen LogP contribution is 2.41. The van der Waals surface area contributed by atoms with Gasteiger partial charge in [0, 0.05) is 45.1 Å². The average molecular weight is 310 g/mol. The SMILES string of the molecule is CN(c1ncnc2[nH]ccc12)C1CC2CN(CC3C=N3)C[C@@H]2C1. The maximum atomic E-state index is 4.55. The molecule has 5 rings (SSSR count). The first-order chi connectivity index (χ1) is 11.3. The molecule has 6 nitrogen and oxygen atoms in total. The van der Waals surface area contributed by atoms with Gasteiger partial charge < -0.3 is 14.8 Å². The van der Waals surface area contributed by atoms with E-state index in [1.54, 1.807) is 6.33 Å². The summed E-state index contributed by atoms with van der Waals surface area (Å²) >= 11 is 0. The van der Waals surface area contributed by atoms with Crippen LogP contribution in [0.2, 0.25) is 0 Å². The lowest BCUT2D eigenvalue weighted by atomic mass is 10.0. The van der Waals surface area contributed by atoms with E-state index in [0.717, 1.165) is 35.2 Å². The van der Waals surface area contributed by atoms with Crippen molar-refractivity contribution in [3.63, 3.8) is 0 Å². The Labute approximate surface area is 135 Å². The number of H-pyrrole nitrogens is 1. The summed E-state index contributed by atoms with van der Waals surface area (Å²) in [6.45, 7) is 3.64. The normalized spacial score (nSPS) is 32.6. The van der Waals surface area contributed by atoms with E-state index in [4.69, 9.17) is 0 Å². The molecule has 0 radical (unpaired) electrons. The molecular formula is C17H22N6. The number of nitrogens with zero attached hydrogens (tertiary/aromatic N) is 5. The number of rotatable bonds is 4. The predicted octanol–water partition coefficient (Wildman–Crippen LogP) is 1.56. The molecule has 23 heavy (non-hydrogen) atoms. The lowest BCUT2D eigenvalue weighted by molar-refractivity contribution is 0.311. The van der Waals surface area contributed by atoms with Gasteiger partial charge in [-0.2, -0.15) is 0 Å². The van der Waals surface area contributed by atoms with Gasteiger partial charge in [-0.1, -0.05) is 0 Å². The van der Waals surface area contributed by atoms with Crippen LogP contribution in [0, 0.1) is 11.8 Å². The Morgan fingerprint density at radius 1 is 1.26 bits per heavy atom. The molecule has 2 aromatic rings. The standard InChI is InChI=1S/C17H22N6/c1-22(17-15-2-3-18-16(15)20-10-21-17)14-4-11-7-23(8-12(11)5-14)9-13-6-19-13/h2-3,6,10-14H,4-5,7-9H2,1H3,(H,18,20,21)/t11-,12?,13?,14?/m0/s1. The summed E-state index contributed by atoms with van der Waals surface area (Å²) in [7, 11) is 2.19. The Kier molecular flexibility index (Phi) is 2.95. The maximum Gasteiger partial charge on any atom is 0.142 e. The zero-order chi connectivity index (χ0) is 15.4. The highest BCUT2D eigenvalue weighted by atomic mass is 15.2. The average Bonchev–Trinajstić information content (AvgIpc) is 2.96. The first-order valence-corrected chi connectivity index (χ1v) is 8.54. The zero-order valence-electron chi connectivity index (χ0n) is 13.4. The number of fused-ring (bicyclic) bond motifs is 2. The van der Waals surface area contributed by atoms with Gasteiger partial charge in [-0.3, -0.25) is 4.99 Å². The number of hydrogen-bond acceptors (Lipinski definition) is 5. The molecule has 3 aliphatic rings. The molecule has 2 aliphatic heterocycles. The maximum absolute atomic E-state index is 4.55. The van der Waals surface area contributed by atoms with Gasteiger partial charge in [-0.25, -0.2) is 9.97 Å². The summed E-state index contributed by atoms with van der Waals surface area (Å²) in [5.74, 6) is 2.74. The van der Waals surface area contributed by atoms with Gasteiger partial charge in [0.2, 0.25) is 0 Å². The summed E-state index contributed by atoms with van der Waals surface area (Å²) in [6, 6.07) is 3.20. The Hall–Kier alpha value is -1.95. The lowest BCUT2D eigenvalue weighted by Crippen LogP contribution is -2.33. The molecule has 0 spiro atoms. The highest BCUT2D eigenvalue weighted by molar-refractivity contribution is 5.87. The summed E-state index contributed by atoms with van der Waals surface area (Å²) in [4.78, 5) is 21.3. The van der Waals surface area contributed by atoms with E-state index in [1.807, 2.05) is 6.20 Å². The number of hydrogen-bond donors (Lipinski definition) is 1. The van der Waals surface area contributed by atoms with Crippen LogP contribution in [0.5, 0.6) is 0 Å². The van der Waals surface area contributed by atoms with E-state index in [1.165, 1.54) is 25.9 Å². The number of aliphatic imine (C=N–C) groups is 1. The molecule has 1 saturated heterocycles. The van der Waals surface area contributed by atoms with Gasteiger partial charge in [0.25, 0.3) is 0 Å². The number of aromatic nitrogens is 3. The van der Waals surface area contributed by atoms with Crippen molar-refractivity contribution in [2.75, 3.05) is 31.6 Å². The van der Waals surface area contributed by atoms with Crippen molar-refractivity contribution in [2.45, 2.75) is 24.9 Å². The van der Waals surface area contributed by atoms with Gasteiger partial charge >= 0.3 is 0 Å². The van der Waals surface area contributed by atoms with Crippen LogP contribution in [-0.4, -0.2) is 64.8 Å². The first-order valence-electron chi connectivity index (χ1n) is 8.54. The van der Waals surface area contributed by atoms with Crippen molar-refractivity contribution in [3.8, 4) is 0 Å². The third-order valence-electron chi connectivity index (χ3n) is 5.82. The Morgan fingerprint density at radius 3 is 2.78 bits per heavy atom. The summed E-state index contributed by atoms with van der Waals surface area (Å²) < 4.78 is 0. The minimum atomic E-state index is 0.523. The van der Waals surface area contributed by atoms with Gasteiger partial charge in [0.1, 0.15) is 17.8 Å². The molecular weight excluding hydrogens is 288 g/mol. The number of likely N-dealkylation sites (tertiary alicyclic amines) is 1. The first kappa shape index (κ1) is 13.5. The minimum Gasteiger partial charge on any atom is -0.356 e. The summed E-state index contributed by atoms with van der Waals surface area (Å²) in [5, 5.41) is 1.12. The Bertz CT molecular complexity index is 732. The fourth-order valence-corrected chi connectivity index (χ4v) is 4.56. The van der Waals surface area contributed by atoms with E-state index in [9.17, 15) is 0 Å². The van der Waals surface area contributed by atoms with Crippen molar-refractivity contribution in [1.29, 1.82) is 0 Å². The molecule has 4 atom stereocenters. The molecule has 2 fully saturated rings. The molecule has 120 valence electrons. The number of nitrogens with one attached hydrogen (secondary N) is 1. The second-order valence-corrected chi connectivity index (χ2v) is 7.28. The highest BCUT2D eigenvalue weighted by Gasteiger charge is 2.43. The van der Waals surface area contributed by atoms with Crippen molar-refractivity contribution in [1.82, 2.24) is 19.9 Å². The Balaban J connectivity index is 1.29. The molecule has 1 N–H and O–H groups in total. The summed E-state index contributed by atoms with van der Waals surface area (Å²) in [6.07, 6.45) is 8.23. The lowest BCUT2D eigenvalue weighted by Gasteiger charge is -2.27. The van der Waals surface area contributed by atoms with Crippen molar-refractivity contribution in [3.05, 3.63) is 18.6 Å². The quantitative estimate of drug-likeness (QED) is 0.931. The van der Waals surface area contributed by atoms with Crippen LogP contribution in [0.1, 0.15) is 12.8 Å². The number of aromatic amines is 1. The van der Waals surface area contributed by atoms with Gasteiger partial charge in [0.05, 0.1) is 11.4 Å². The van der Waals surface area contributed by atoms with Crippen LogP contribution in [0.4, 0.5) is 5.82 Å². The monoisotopic (exact) mass is 310 g/mol. The second kappa shape index (κ2) is 5.03. The van der Waals surface area contributed by atoms with Crippen LogP contribution in [-0.2, 0) is 0 Å². The second-order valence-electron chi connectivity index (χ2n) is 7.28. The molecule has 1 aliphatic carbocycles. The van der Waals surface area contributed by atoms with E-state index in [0.29, 0.717) is 12.1 Å². The molecule has 6 heteroatoms. The smallest absolute Gasteiger partial charge is 0.142 e. The van der Waals surface area contributed by atoms with E-state index in [-0.39, 0.29) is 0 Å². The molecule has 2 aromatic heterocycles. The largest absolute Gasteiger partial charge is 0.356 e. The molecule has 1 saturated carbocycles. The molecule has 3 unspecified atom stereocenters. The van der Waals surface area contributed by atoms with Crippen molar-refractivity contribution >= 4 is 23.1 Å². The van der Waals surface area contributed by atoms with Crippen molar-refractivity contribution < 1.29 is 0 Å². The molecule has 0 amide bonds. The van der Waals surface area contributed by atoms with Gasteiger partial charge in [0.15, 0.2) is 0 Å². The van der Waals surface area contributed by atoms with Crippen molar-refractivity contribution in [2.24, 2.45) is 16.8 Å².